The molecule has 4 aromatic rings. The smallest absolute Gasteiger partial charge is 0.406 e. The first kappa shape index (κ1) is 29.4. The largest absolute Gasteiger partial charge is 0.573 e. The van der Waals surface area contributed by atoms with E-state index in [2.05, 4.69) is 9.64 Å². The van der Waals surface area contributed by atoms with Crippen molar-refractivity contribution in [2.45, 2.75) is 30.8 Å². The molecule has 0 amide bonds. The third kappa shape index (κ3) is 6.70. The van der Waals surface area contributed by atoms with Gasteiger partial charge < -0.3 is 15.0 Å². The number of aryl methyl sites for hydroxylation is 1. The average Bonchev–Trinajstić information content (AvgIpc) is 3.31. The van der Waals surface area contributed by atoms with Crippen LogP contribution in [0.25, 0.3) is 22.0 Å². The molecule has 0 saturated carbocycles. The molecule has 2 N–H and O–H groups in total. The molecule has 41 heavy (non-hydrogen) atoms. The zero-order chi connectivity index (χ0) is 29.2. The van der Waals surface area contributed by atoms with Gasteiger partial charge >= 0.3 is 6.36 Å². The number of fused-ring (bicyclic) bond motifs is 1. The van der Waals surface area contributed by atoms with Gasteiger partial charge in [-0.05, 0) is 60.5 Å². The summed E-state index contributed by atoms with van der Waals surface area (Å²) in [6.45, 7) is 3.56. The van der Waals surface area contributed by atoms with Gasteiger partial charge in [0.05, 0.1) is 4.90 Å². The Kier molecular flexibility index (Phi) is 8.62. The molecule has 0 bridgehead atoms. The maximum Gasteiger partial charge on any atom is 0.573 e. The van der Waals surface area contributed by atoms with Gasteiger partial charge in [-0.2, -0.15) is 4.31 Å². The molecule has 0 atom stereocenters. The summed E-state index contributed by atoms with van der Waals surface area (Å²) in [6, 6.07) is 18.2. The normalized spacial score (nSPS) is 15.4. The molecule has 1 aliphatic rings. The zero-order valence-corrected chi connectivity index (χ0v) is 23.7. The van der Waals surface area contributed by atoms with Gasteiger partial charge in [0, 0.05) is 67.0 Å². The number of hydrogen-bond donors (Lipinski definition) is 1. The molecule has 1 saturated heterocycles. The Morgan fingerprint density at radius 1 is 0.951 bits per heavy atom. The van der Waals surface area contributed by atoms with E-state index in [9.17, 15) is 21.6 Å². The van der Waals surface area contributed by atoms with Gasteiger partial charge in [-0.15, -0.1) is 13.2 Å². The number of hydrogen-bond acceptors (Lipinski definition) is 5. The Balaban J connectivity index is 1.40. The molecule has 1 aromatic heterocycles. The van der Waals surface area contributed by atoms with Gasteiger partial charge in [0.25, 0.3) is 0 Å². The highest BCUT2D eigenvalue weighted by Gasteiger charge is 2.31. The summed E-state index contributed by atoms with van der Waals surface area (Å²) in [7, 11) is -3.79. The Morgan fingerprint density at radius 3 is 2.32 bits per heavy atom. The Morgan fingerprint density at radius 2 is 1.66 bits per heavy atom. The van der Waals surface area contributed by atoms with Crippen LogP contribution < -0.4 is 10.5 Å². The Hall–Kier alpha value is -3.09. The van der Waals surface area contributed by atoms with E-state index in [1.807, 2.05) is 35.0 Å². The van der Waals surface area contributed by atoms with Crippen LogP contribution in [0.5, 0.6) is 5.75 Å². The highest BCUT2D eigenvalue weighted by molar-refractivity contribution is 7.89. The van der Waals surface area contributed by atoms with Crippen molar-refractivity contribution in [2.24, 2.45) is 5.73 Å². The van der Waals surface area contributed by atoms with Crippen LogP contribution in [0.4, 0.5) is 13.2 Å². The van der Waals surface area contributed by atoms with E-state index < -0.39 is 16.4 Å². The molecule has 2 heterocycles. The zero-order valence-electron chi connectivity index (χ0n) is 22.1. The summed E-state index contributed by atoms with van der Waals surface area (Å²) >= 11 is 6.30. The molecule has 0 radical (unpaired) electrons. The molecule has 0 unspecified atom stereocenters. The SMILES string of the molecule is NCCCn1cc(-c2ccc(OC(F)(F)F)cc2)c2cc(S(=O)(=O)N3CCN(Cc4ccccc4Cl)CC3)ccc21. The lowest BCUT2D eigenvalue weighted by molar-refractivity contribution is -0.274. The minimum Gasteiger partial charge on any atom is -0.406 e. The number of halogens is 4. The second-order valence-corrected chi connectivity index (χ2v) is 12.2. The van der Waals surface area contributed by atoms with Crippen LogP contribution in [0.2, 0.25) is 5.02 Å². The molecule has 1 aliphatic heterocycles. The van der Waals surface area contributed by atoms with Crippen molar-refractivity contribution in [1.29, 1.82) is 0 Å². The van der Waals surface area contributed by atoms with Crippen LogP contribution in [0.3, 0.4) is 0 Å². The van der Waals surface area contributed by atoms with Crippen molar-refractivity contribution >= 4 is 32.5 Å². The minimum absolute atomic E-state index is 0.166. The summed E-state index contributed by atoms with van der Waals surface area (Å²) in [6.07, 6.45) is -2.20. The number of alkyl halides is 3. The van der Waals surface area contributed by atoms with Crippen LogP contribution in [-0.2, 0) is 23.1 Å². The maximum absolute atomic E-state index is 13.7. The topological polar surface area (TPSA) is 80.8 Å². The van der Waals surface area contributed by atoms with Gasteiger partial charge in [0.15, 0.2) is 0 Å². The number of benzene rings is 3. The third-order valence-corrected chi connectivity index (χ3v) is 9.44. The molecule has 7 nitrogen and oxygen atoms in total. The van der Waals surface area contributed by atoms with Gasteiger partial charge in [0.1, 0.15) is 5.75 Å². The average molecular weight is 607 g/mol. The predicted molar refractivity (Wildman–Crippen MR) is 153 cm³/mol. The monoisotopic (exact) mass is 606 g/mol. The number of sulfonamides is 1. The minimum atomic E-state index is -4.79. The predicted octanol–water partition coefficient (Wildman–Crippen LogP) is 5.72. The van der Waals surface area contributed by atoms with E-state index in [-0.39, 0.29) is 10.6 Å². The fourth-order valence-electron chi connectivity index (χ4n) is 5.09. The number of nitrogens with two attached hydrogens (primary N) is 1. The van der Waals surface area contributed by atoms with Crippen molar-refractivity contribution in [2.75, 3.05) is 32.7 Å². The third-order valence-electron chi connectivity index (χ3n) is 7.18. The summed E-state index contributed by atoms with van der Waals surface area (Å²) in [4.78, 5) is 2.34. The lowest BCUT2D eigenvalue weighted by atomic mass is 10.0. The molecule has 218 valence electrons. The van der Waals surface area contributed by atoms with E-state index >= 15 is 0 Å². The van der Waals surface area contributed by atoms with Crippen molar-refractivity contribution < 1.29 is 26.3 Å². The van der Waals surface area contributed by atoms with Crippen molar-refractivity contribution in [3.05, 3.63) is 83.5 Å². The van der Waals surface area contributed by atoms with Gasteiger partial charge in [-0.3, -0.25) is 4.90 Å². The van der Waals surface area contributed by atoms with Gasteiger partial charge in [0.2, 0.25) is 10.0 Å². The first-order chi connectivity index (χ1) is 19.5. The van der Waals surface area contributed by atoms with Crippen LogP contribution in [-0.4, -0.2) is 61.3 Å². The van der Waals surface area contributed by atoms with E-state index in [0.717, 1.165) is 11.1 Å². The highest BCUT2D eigenvalue weighted by atomic mass is 35.5. The first-order valence-electron chi connectivity index (χ1n) is 13.2. The molecular formula is C29H30ClF3N4O3S. The lowest BCUT2D eigenvalue weighted by Crippen LogP contribution is -2.48. The molecular weight excluding hydrogens is 577 g/mol. The molecule has 12 heteroatoms. The second kappa shape index (κ2) is 12.0. The van der Waals surface area contributed by atoms with Crippen molar-refractivity contribution in [3.8, 4) is 16.9 Å². The van der Waals surface area contributed by atoms with Crippen molar-refractivity contribution in [1.82, 2.24) is 13.8 Å². The van der Waals surface area contributed by atoms with E-state index in [0.29, 0.717) is 73.8 Å². The van der Waals surface area contributed by atoms with Crippen molar-refractivity contribution in [3.63, 3.8) is 0 Å². The maximum atomic E-state index is 13.7. The lowest BCUT2D eigenvalue weighted by Gasteiger charge is -2.34. The Bertz CT molecular complexity index is 1620. The number of aromatic nitrogens is 1. The molecule has 1 fully saturated rings. The van der Waals surface area contributed by atoms with E-state index in [1.54, 1.807) is 18.2 Å². The standard InChI is InChI=1S/C29H30ClF3N4O3S/c30-27-5-2-1-4-22(27)19-35-14-16-37(17-15-35)41(38,39)24-10-11-28-25(18-24)26(20-36(28)13-3-12-34)21-6-8-23(9-7-21)40-29(31,32)33/h1-2,4-11,18,20H,3,12-17,19,34H2. The van der Waals surface area contributed by atoms with Gasteiger partial charge in [-0.1, -0.05) is 41.9 Å². The number of piperazine rings is 1. The summed E-state index contributed by atoms with van der Waals surface area (Å²) in [5.41, 5.74) is 8.87. The van der Waals surface area contributed by atoms with Crippen LogP contribution in [0.1, 0.15) is 12.0 Å². The summed E-state index contributed by atoms with van der Waals surface area (Å²) < 4.78 is 72.8. The first-order valence-corrected chi connectivity index (χ1v) is 15.0. The van der Waals surface area contributed by atoms with Crippen LogP contribution in [0, 0.1) is 0 Å². The van der Waals surface area contributed by atoms with Crippen LogP contribution >= 0.6 is 11.6 Å². The van der Waals surface area contributed by atoms with Gasteiger partial charge in [-0.25, -0.2) is 8.42 Å². The number of nitrogens with zero attached hydrogens (tertiary/aromatic N) is 3. The fraction of sp³-hybridized carbons (Fsp3) is 0.310. The van der Waals surface area contributed by atoms with Crippen LogP contribution in [0.15, 0.2) is 77.8 Å². The van der Waals surface area contributed by atoms with E-state index in [1.165, 1.54) is 28.6 Å². The Labute approximate surface area is 241 Å². The number of ether oxygens (including phenoxy) is 1. The second-order valence-electron chi connectivity index (χ2n) is 9.90. The highest BCUT2D eigenvalue weighted by Crippen LogP contribution is 2.35. The molecule has 5 rings (SSSR count). The molecule has 0 spiro atoms. The molecule has 0 aliphatic carbocycles. The quantitative estimate of drug-likeness (QED) is 0.264. The summed E-state index contributed by atoms with van der Waals surface area (Å²) in [5.74, 6) is -0.329. The fourth-order valence-corrected chi connectivity index (χ4v) is 6.74. The number of rotatable bonds is 9. The van der Waals surface area contributed by atoms with E-state index in [4.69, 9.17) is 17.3 Å². The molecule has 3 aromatic carbocycles. The summed E-state index contributed by atoms with van der Waals surface area (Å²) in [5, 5.41) is 1.37.